The maximum Gasteiger partial charge on any atom is 0.252 e. The molecule has 0 amide bonds. The van der Waals surface area contributed by atoms with Gasteiger partial charge in [-0.05, 0) is 230 Å². The molecule has 17 rings (SSSR count). The zero-order valence-corrected chi connectivity index (χ0v) is 55.1. The molecule has 0 spiro atoms. The molecule has 0 saturated heterocycles. The van der Waals surface area contributed by atoms with Gasteiger partial charge in [-0.3, -0.25) is 0 Å². The molecule has 13 aromatic carbocycles. The Balaban J connectivity index is 1.04. The summed E-state index contributed by atoms with van der Waals surface area (Å²) in [4.78, 5) is 5.38. The van der Waals surface area contributed by atoms with Crippen LogP contribution >= 0.6 is 11.3 Å². The van der Waals surface area contributed by atoms with Crippen molar-refractivity contribution in [3.63, 3.8) is 0 Å². The predicted octanol–water partition coefficient (Wildman–Crippen LogP) is 22.7. The Morgan fingerprint density at radius 2 is 0.725 bits per heavy atom. The summed E-state index contributed by atoms with van der Waals surface area (Å²) in [5, 5.41) is 15.0. The molecule has 0 bridgehead atoms. The lowest BCUT2D eigenvalue weighted by molar-refractivity contribution is 0.568. The molecule has 15 aromatic rings. The lowest BCUT2D eigenvalue weighted by atomic mass is 9.33. The van der Waals surface area contributed by atoms with Crippen molar-refractivity contribution in [2.24, 2.45) is 0 Å². The van der Waals surface area contributed by atoms with E-state index < -0.39 is 0 Å². The SMILES string of the molecule is CC(C)(C)c1cc(N2c3cc4cc5ccccc5cc4cc3B3c4cc5cc6ccccc6cc5cc4N(c4cc(C(C)(C)C)cc(C(C)(C)C)c4)c4cc(-c5ccc6c(c5)c5cc7c(cc5n6-c5ccccc5)sc5ccccc57)cc2c43)cc(C(C)(C)C)c1. The molecule has 4 heterocycles. The van der Waals surface area contributed by atoms with Gasteiger partial charge in [-0.1, -0.05) is 198 Å². The van der Waals surface area contributed by atoms with Gasteiger partial charge in [0.25, 0.3) is 6.71 Å². The van der Waals surface area contributed by atoms with Gasteiger partial charge in [-0.15, -0.1) is 11.3 Å². The standard InChI is InChI=1S/C86H74BN3S/c1-83(2,3)61-43-62(84(4,5)6)46-66(45-61)89-76-39-58-34-53-24-18-16-22-51(53)32-56(58)37-72(76)87-73-38-57-33-52-23-17-19-25-54(52)35-59(57)40-77(73)90(67-47-63(85(7,8)9)44-64(48-67)86(10,11)12)79-42-60(41-78(89)82(79)87)55-30-31-74-69(36-55)70-49-71-68-28-20-21-29-80(68)91-81(71)50-75(70)88(74)65-26-14-13-15-27-65/h13-50H,1-12H3. The first-order valence-electron chi connectivity index (χ1n) is 32.6. The lowest BCUT2D eigenvalue weighted by Crippen LogP contribution is -2.61. The van der Waals surface area contributed by atoms with E-state index in [2.05, 4.69) is 328 Å². The molecular formula is C86H74BN3S. The Bertz CT molecular complexity index is 5310. The Morgan fingerprint density at radius 1 is 0.286 bits per heavy atom. The summed E-state index contributed by atoms with van der Waals surface area (Å²) in [6.45, 7) is 28.3. The third-order valence-electron chi connectivity index (χ3n) is 20.1. The Labute approximate surface area is 538 Å². The van der Waals surface area contributed by atoms with Crippen LogP contribution in [-0.4, -0.2) is 11.3 Å². The number of fused-ring (bicyclic) bond motifs is 14. The van der Waals surface area contributed by atoms with E-state index in [1.807, 2.05) is 11.3 Å². The van der Waals surface area contributed by atoms with Crippen LogP contribution < -0.4 is 26.2 Å². The number of benzene rings is 13. The molecule has 0 aliphatic carbocycles. The van der Waals surface area contributed by atoms with Crippen molar-refractivity contribution in [1.82, 2.24) is 4.57 Å². The maximum atomic E-state index is 2.69. The second-order valence-electron chi connectivity index (χ2n) is 30.4. The summed E-state index contributed by atoms with van der Waals surface area (Å²) in [7, 11) is 0. The van der Waals surface area contributed by atoms with Crippen LogP contribution in [0.4, 0.5) is 34.1 Å². The fourth-order valence-electron chi connectivity index (χ4n) is 15.1. The zero-order chi connectivity index (χ0) is 62.4. The lowest BCUT2D eigenvalue weighted by Gasteiger charge is -2.45. The van der Waals surface area contributed by atoms with Crippen LogP contribution in [0.3, 0.4) is 0 Å². The minimum Gasteiger partial charge on any atom is -0.311 e. The third kappa shape index (κ3) is 8.89. The minimum absolute atomic E-state index is 0.125. The Morgan fingerprint density at radius 3 is 1.21 bits per heavy atom. The summed E-state index contributed by atoms with van der Waals surface area (Å²) in [6, 6.07) is 89.9. The molecule has 0 N–H and O–H groups in total. The number of hydrogen-bond donors (Lipinski definition) is 0. The molecule has 3 nitrogen and oxygen atoms in total. The van der Waals surface area contributed by atoms with Crippen molar-refractivity contribution in [1.29, 1.82) is 0 Å². The predicted molar refractivity (Wildman–Crippen MR) is 398 cm³/mol. The molecule has 442 valence electrons. The number of anilines is 6. The zero-order valence-electron chi connectivity index (χ0n) is 54.3. The Hall–Kier alpha value is -9.42. The van der Waals surface area contributed by atoms with Crippen LogP contribution in [0.15, 0.2) is 231 Å². The molecule has 0 unspecified atom stereocenters. The van der Waals surface area contributed by atoms with Gasteiger partial charge in [0.15, 0.2) is 0 Å². The number of para-hydroxylation sites is 1. The van der Waals surface area contributed by atoms with Crippen LogP contribution in [-0.2, 0) is 21.7 Å². The number of aromatic nitrogens is 1. The Kier molecular flexibility index (Phi) is 12.0. The quantitative estimate of drug-likeness (QED) is 0.129. The van der Waals surface area contributed by atoms with Crippen LogP contribution in [0.1, 0.15) is 105 Å². The molecule has 0 saturated carbocycles. The van der Waals surface area contributed by atoms with Crippen LogP contribution in [0.5, 0.6) is 0 Å². The van der Waals surface area contributed by atoms with Crippen molar-refractivity contribution in [2.45, 2.75) is 105 Å². The first kappa shape index (κ1) is 55.6. The van der Waals surface area contributed by atoms with Gasteiger partial charge in [0.1, 0.15) is 0 Å². The highest BCUT2D eigenvalue weighted by molar-refractivity contribution is 7.25. The van der Waals surface area contributed by atoms with Gasteiger partial charge in [0.05, 0.1) is 11.0 Å². The number of rotatable bonds is 4. The monoisotopic (exact) mass is 1190 g/mol. The van der Waals surface area contributed by atoms with Crippen LogP contribution in [0, 0.1) is 0 Å². The fourth-order valence-corrected chi connectivity index (χ4v) is 16.2. The van der Waals surface area contributed by atoms with E-state index >= 15 is 0 Å². The highest BCUT2D eigenvalue weighted by Gasteiger charge is 2.45. The summed E-state index contributed by atoms with van der Waals surface area (Å²) < 4.78 is 5.10. The van der Waals surface area contributed by atoms with Crippen molar-refractivity contribution < 1.29 is 0 Å². The van der Waals surface area contributed by atoms with Gasteiger partial charge in [0.2, 0.25) is 0 Å². The summed E-state index contributed by atoms with van der Waals surface area (Å²) >= 11 is 1.89. The van der Waals surface area contributed by atoms with Gasteiger partial charge in [0, 0.05) is 70.8 Å². The fraction of sp³-hybridized carbons (Fsp3) is 0.186. The third-order valence-corrected chi connectivity index (χ3v) is 21.3. The van der Waals surface area contributed by atoms with Gasteiger partial charge in [-0.2, -0.15) is 0 Å². The van der Waals surface area contributed by atoms with E-state index in [-0.39, 0.29) is 28.4 Å². The van der Waals surface area contributed by atoms with Gasteiger partial charge < -0.3 is 14.4 Å². The first-order valence-corrected chi connectivity index (χ1v) is 33.4. The van der Waals surface area contributed by atoms with Crippen molar-refractivity contribution in [3.05, 3.63) is 253 Å². The number of nitrogens with zero attached hydrogens (tertiary/aromatic N) is 3. The number of thiophene rings is 1. The molecule has 5 heteroatoms. The van der Waals surface area contributed by atoms with E-state index in [0.717, 1.165) is 5.69 Å². The van der Waals surface area contributed by atoms with E-state index in [9.17, 15) is 0 Å². The molecule has 0 atom stereocenters. The van der Waals surface area contributed by atoms with E-state index in [1.165, 1.54) is 169 Å². The minimum atomic E-state index is -0.127. The summed E-state index contributed by atoms with van der Waals surface area (Å²) in [6.07, 6.45) is 0. The topological polar surface area (TPSA) is 11.4 Å². The molecule has 2 aromatic heterocycles. The van der Waals surface area contributed by atoms with Crippen molar-refractivity contribution in [3.8, 4) is 16.8 Å². The molecule has 0 radical (unpaired) electrons. The van der Waals surface area contributed by atoms with E-state index in [4.69, 9.17) is 0 Å². The normalized spacial score (nSPS) is 13.6. The highest BCUT2D eigenvalue weighted by atomic mass is 32.1. The molecule has 2 aliphatic heterocycles. The average Bonchev–Trinajstić information content (AvgIpc) is 1.19. The van der Waals surface area contributed by atoms with Gasteiger partial charge >= 0.3 is 0 Å². The molecule has 0 fully saturated rings. The largest absolute Gasteiger partial charge is 0.311 e. The maximum absolute atomic E-state index is 2.69. The second-order valence-corrected chi connectivity index (χ2v) is 31.4. The van der Waals surface area contributed by atoms with E-state index in [0.29, 0.717) is 0 Å². The van der Waals surface area contributed by atoms with Crippen LogP contribution in [0.25, 0.3) is 102 Å². The second kappa shape index (κ2) is 19.5. The summed E-state index contributed by atoms with van der Waals surface area (Å²) in [5.74, 6) is 0. The molecule has 91 heavy (non-hydrogen) atoms. The number of hydrogen-bond acceptors (Lipinski definition) is 3. The molecule has 2 aliphatic rings. The summed E-state index contributed by atoms with van der Waals surface area (Å²) in [5.41, 5.74) is 21.8. The van der Waals surface area contributed by atoms with Crippen LogP contribution in [0.2, 0.25) is 0 Å². The van der Waals surface area contributed by atoms with Crippen molar-refractivity contribution in [2.75, 3.05) is 9.80 Å². The average molecular weight is 1190 g/mol. The smallest absolute Gasteiger partial charge is 0.252 e. The first-order chi connectivity index (χ1) is 43.6. The van der Waals surface area contributed by atoms with Gasteiger partial charge in [-0.25, -0.2) is 0 Å². The van der Waals surface area contributed by atoms with Crippen molar-refractivity contribution >= 4 is 154 Å². The molecular weight excluding hydrogens is 1120 g/mol. The van der Waals surface area contributed by atoms with E-state index in [1.54, 1.807) is 0 Å². The highest BCUT2D eigenvalue weighted by Crippen LogP contribution is 2.51.